The molecule has 1 aliphatic heterocycles. The molecule has 0 bridgehead atoms. The lowest BCUT2D eigenvalue weighted by Crippen LogP contribution is -2.44. The third-order valence-corrected chi connectivity index (χ3v) is 4.46. The molecular formula is C14H28N2. The fourth-order valence-corrected chi connectivity index (χ4v) is 3.04. The van der Waals surface area contributed by atoms with Gasteiger partial charge in [0.1, 0.15) is 0 Å². The Kier molecular flexibility index (Phi) is 3.60. The Morgan fingerprint density at radius 3 is 2.62 bits per heavy atom. The highest BCUT2D eigenvalue weighted by atomic mass is 15.2. The maximum absolute atomic E-state index is 3.69. The van der Waals surface area contributed by atoms with E-state index in [4.69, 9.17) is 0 Å². The van der Waals surface area contributed by atoms with Gasteiger partial charge < -0.3 is 5.32 Å². The van der Waals surface area contributed by atoms with Crippen molar-refractivity contribution < 1.29 is 0 Å². The zero-order valence-electron chi connectivity index (χ0n) is 11.4. The van der Waals surface area contributed by atoms with Gasteiger partial charge in [0.15, 0.2) is 0 Å². The first-order valence-electron chi connectivity index (χ1n) is 7.00. The van der Waals surface area contributed by atoms with Crippen LogP contribution in [0.2, 0.25) is 0 Å². The van der Waals surface area contributed by atoms with Crippen LogP contribution >= 0.6 is 0 Å². The third-order valence-electron chi connectivity index (χ3n) is 4.46. The van der Waals surface area contributed by atoms with Crippen LogP contribution in [0, 0.1) is 11.3 Å². The molecule has 1 saturated carbocycles. The summed E-state index contributed by atoms with van der Waals surface area (Å²) in [5.74, 6) is 0.797. The van der Waals surface area contributed by atoms with Crippen LogP contribution in [0.5, 0.6) is 0 Å². The van der Waals surface area contributed by atoms with E-state index in [9.17, 15) is 0 Å². The molecule has 2 heteroatoms. The van der Waals surface area contributed by atoms with E-state index in [1.165, 1.54) is 38.9 Å². The molecule has 16 heavy (non-hydrogen) atoms. The van der Waals surface area contributed by atoms with Gasteiger partial charge in [0.25, 0.3) is 0 Å². The Morgan fingerprint density at radius 1 is 1.38 bits per heavy atom. The lowest BCUT2D eigenvalue weighted by Gasteiger charge is -2.33. The van der Waals surface area contributed by atoms with Crippen LogP contribution in [0.15, 0.2) is 0 Å². The van der Waals surface area contributed by atoms with Crippen molar-refractivity contribution in [3.8, 4) is 0 Å². The molecular weight excluding hydrogens is 196 g/mol. The molecule has 2 rings (SSSR count). The molecule has 2 aliphatic rings. The summed E-state index contributed by atoms with van der Waals surface area (Å²) in [6.45, 7) is 13.3. The molecule has 1 saturated heterocycles. The van der Waals surface area contributed by atoms with Gasteiger partial charge in [0, 0.05) is 18.6 Å². The van der Waals surface area contributed by atoms with Gasteiger partial charge in [-0.3, -0.25) is 4.90 Å². The molecule has 3 atom stereocenters. The molecule has 0 aromatic heterocycles. The van der Waals surface area contributed by atoms with Crippen molar-refractivity contribution in [1.29, 1.82) is 0 Å². The smallest absolute Gasteiger partial charge is 0.0153 e. The van der Waals surface area contributed by atoms with E-state index < -0.39 is 0 Å². The van der Waals surface area contributed by atoms with E-state index in [1.54, 1.807) is 0 Å². The summed E-state index contributed by atoms with van der Waals surface area (Å²) < 4.78 is 0. The van der Waals surface area contributed by atoms with Crippen molar-refractivity contribution in [1.82, 2.24) is 10.2 Å². The normalized spacial score (nSPS) is 40.1. The minimum Gasteiger partial charge on any atom is -0.314 e. The zero-order chi connectivity index (χ0) is 11.8. The number of nitrogens with zero attached hydrogens (tertiary/aromatic N) is 1. The van der Waals surface area contributed by atoms with Crippen LogP contribution in [0.1, 0.15) is 47.0 Å². The van der Waals surface area contributed by atoms with Crippen LogP contribution in [0.25, 0.3) is 0 Å². The molecule has 0 aromatic rings. The van der Waals surface area contributed by atoms with E-state index in [0.29, 0.717) is 5.41 Å². The summed E-state index contributed by atoms with van der Waals surface area (Å²) >= 11 is 0. The van der Waals surface area contributed by atoms with Crippen LogP contribution < -0.4 is 5.32 Å². The average Bonchev–Trinajstić information content (AvgIpc) is 2.82. The first-order valence-corrected chi connectivity index (χ1v) is 7.00. The van der Waals surface area contributed by atoms with E-state index in [2.05, 4.69) is 37.9 Å². The van der Waals surface area contributed by atoms with Crippen molar-refractivity contribution in [2.75, 3.05) is 19.6 Å². The molecule has 1 N–H and O–H groups in total. The van der Waals surface area contributed by atoms with Crippen molar-refractivity contribution in [3.05, 3.63) is 0 Å². The maximum atomic E-state index is 3.69. The topological polar surface area (TPSA) is 15.3 Å². The number of hydrogen-bond donors (Lipinski definition) is 1. The molecule has 0 radical (unpaired) electrons. The van der Waals surface area contributed by atoms with Crippen molar-refractivity contribution >= 4 is 0 Å². The predicted octanol–water partition coefficient (Wildman–Crippen LogP) is 2.49. The second kappa shape index (κ2) is 4.66. The molecule has 94 valence electrons. The summed E-state index contributed by atoms with van der Waals surface area (Å²) in [4.78, 5) is 2.76. The maximum Gasteiger partial charge on any atom is 0.0153 e. The lowest BCUT2D eigenvalue weighted by atomic mass is 10.0. The summed E-state index contributed by atoms with van der Waals surface area (Å²) in [6, 6.07) is 1.61. The molecule has 1 heterocycles. The highest BCUT2D eigenvalue weighted by Crippen LogP contribution is 2.48. The zero-order valence-corrected chi connectivity index (χ0v) is 11.4. The summed E-state index contributed by atoms with van der Waals surface area (Å²) in [5.41, 5.74) is 0.591. The van der Waals surface area contributed by atoms with Gasteiger partial charge in [-0.1, -0.05) is 27.7 Å². The van der Waals surface area contributed by atoms with Gasteiger partial charge in [0.2, 0.25) is 0 Å². The summed E-state index contributed by atoms with van der Waals surface area (Å²) in [5, 5.41) is 3.69. The van der Waals surface area contributed by atoms with Gasteiger partial charge in [-0.2, -0.15) is 0 Å². The molecule has 1 aliphatic carbocycles. The SMILES string of the molecule is CCC1CCN(C2CC2(C)C)CC(C)CN1. The van der Waals surface area contributed by atoms with Crippen molar-refractivity contribution in [2.24, 2.45) is 11.3 Å². The second-order valence-corrected chi connectivity index (χ2v) is 6.61. The highest BCUT2D eigenvalue weighted by Gasteiger charge is 2.49. The van der Waals surface area contributed by atoms with E-state index in [1.807, 2.05) is 0 Å². The summed E-state index contributed by atoms with van der Waals surface area (Å²) in [7, 11) is 0. The lowest BCUT2D eigenvalue weighted by molar-refractivity contribution is 0.172. The van der Waals surface area contributed by atoms with Gasteiger partial charge in [-0.25, -0.2) is 0 Å². The van der Waals surface area contributed by atoms with E-state index in [-0.39, 0.29) is 0 Å². The largest absolute Gasteiger partial charge is 0.314 e. The van der Waals surface area contributed by atoms with E-state index >= 15 is 0 Å². The van der Waals surface area contributed by atoms with Crippen LogP contribution in [-0.4, -0.2) is 36.6 Å². The Morgan fingerprint density at radius 2 is 2.06 bits per heavy atom. The molecule has 2 nitrogen and oxygen atoms in total. The number of rotatable bonds is 2. The minimum atomic E-state index is 0.591. The standard InChI is InChI=1S/C14H28N2/c1-5-12-6-7-16(10-11(2)9-15-12)13-8-14(13,3)4/h11-13,15H,5-10H2,1-4H3. The Labute approximate surface area is 101 Å². The molecule has 3 unspecified atom stereocenters. The molecule has 0 amide bonds. The van der Waals surface area contributed by atoms with Crippen molar-refractivity contribution in [2.45, 2.75) is 59.0 Å². The Balaban J connectivity index is 1.92. The molecule has 2 fully saturated rings. The van der Waals surface area contributed by atoms with Gasteiger partial charge in [-0.15, -0.1) is 0 Å². The van der Waals surface area contributed by atoms with Gasteiger partial charge in [-0.05, 0) is 43.7 Å². The highest BCUT2D eigenvalue weighted by molar-refractivity contribution is 5.03. The quantitative estimate of drug-likeness (QED) is 0.775. The Bertz CT molecular complexity index is 237. The fourth-order valence-electron chi connectivity index (χ4n) is 3.04. The van der Waals surface area contributed by atoms with Gasteiger partial charge in [0.05, 0.1) is 0 Å². The van der Waals surface area contributed by atoms with Crippen LogP contribution in [0.3, 0.4) is 0 Å². The minimum absolute atomic E-state index is 0.591. The molecule has 0 spiro atoms. The number of nitrogens with one attached hydrogen (secondary N) is 1. The summed E-state index contributed by atoms with van der Waals surface area (Å²) in [6.07, 6.45) is 4.01. The fraction of sp³-hybridized carbons (Fsp3) is 1.00. The monoisotopic (exact) mass is 224 g/mol. The van der Waals surface area contributed by atoms with Crippen molar-refractivity contribution in [3.63, 3.8) is 0 Å². The molecule has 0 aromatic carbocycles. The van der Waals surface area contributed by atoms with Crippen LogP contribution in [-0.2, 0) is 0 Å². The predicted molar refractivity (Wildman–Crippen MR) is 69.6 cm³/mol. The second-order valence-electron chi connectivity index (χ2n) is 6.61. The first-order chi connectivity index (χ1) is 7.53. The first kappa shape index (κ1) is 12.4. The van der Waals surface area contributed by atoms with Crippen LogP contribution in [0.4, 0.5) is 0 Å². The van der Waals surface area contributed by atoms with Gasteiger partial charge >= 0.3 is 0 Å². The number of hydrogen-bond acceptors (Lipinski definition) is 2. The Hall–Kier alpha value is -0.0800. The third kappa shape index (κ3) is 2.78. The van der Waals surface area contributed by atoms with E-state index in [0.717, 1.165) is 18.0 Å². The average molecular weight is 224 g/mol.